The third-order valence-electron chi connectivity index (χ3n) is 5.71. The lowest BCUT2D eigenvalue weighted by molar-refractivity contribution is -0.150. The smallest absolute Gasteiger partial charge is 0.347 e. The maximum absolute atomic E-state index is 13.5. The summed E-state index contributed by atoms with van der Waals surface area (Å²) in [6.45, 7) is 3.54. The molecule has 1 atom stereocenters. The van der Waals surface area contributed by atoms with Crippen molar-refractivity contribution in [1.29, 1.82) is 0 Å². The molecule has 0 spiro atoms. The molecule has 0 fully saturated rings. The second-order valence-electron chi connectivity index (χ2n) is 8.43. The monoisotopic (exact) mass is 671 g/mol. The van der Waals surface area contributed by atoms with E-state index in [0.29, 0.717) is 32.3 Å². The molecule has 0 aliphatic carbocycles. The van der Waals surface area contributed by atoms with Gasteiger partial charge in [0.05, 0.1) is 33.2 Å². The highest BCUT2D eigenvalue weighted by atomic mass is 79.9. The van der Waals surface area contributed by atoms with Gasteiger partial charge in [-0.05, 0) is 83.9 Å². The Morgan fingerprint density at radius 1 is 1.18 bits per heavy atom. The first-order valence-corrected chi connectivity index (χ1v) is 13.8. The minimum absolute atomic E-state index is 0.243. The molecule has 2 heterocycles. The Morgan fingerprint density at radius 2 is 1.97 bits per heavy atom. The van der Waals surface area contributed by atoms with E-state index in [4.69, 9.17) is 30.5 Å². The van der Waals surface area contributed by atoms with Crippen molar-refractivity contribution in [2.45, 2.75) is 20.0 Å². The van der Waals surface area contributed by atoms with E-state index >= 15 is 0 Å². The lowest BCUT2D eigenvalue weighted by atomic mass is 10.2. The Balaban J connectivity index is 1.56. The summed E-state index contributed by atoms with van der Waals surface area (Å²) in [5.41, 5.74) is 1.38. The molecule has 0 saturated carbocycles. The molecule has 5 rings (SSSR count). The van der Waals surface area contributed by atoms with Crippen molar-refractivity contribution in [3.63, 3.8) is 0 Å². The lowest BCUT2D eigenvalue weighted by Crippen LogP contribution is -2.26. The van der Waals surface area contributed by atoms with Crippen LogP contribution in [0.15, 0.2) is 83.9 Å². The molecule has 0 saturated heterocycles. The van der Waals surface area contributed by atoms with Gasteiger partial charge >= 0.3 is 5.97 Å². The summed E-state index contributed by atoms with van der Waals surface area (Å²) in [7, 11) is 0. The number of halogens is 3. The molecule has 0 unspecified atom stereocenters. The number of esters is 1. The number of carbonyl (C=O) groups excluding carboxylic acids is 1. The number of furan rings is 1. The van der Waals surface area contributed by atoms with Crippen LogP contribution in [0.4, 0.5) is 0 Å². The van der Waals surface area contributed by atoms with Crippen molar-refractivity contribution in [2.24, 2.45) is 5.10 Å². The minimum atomic E-state index is -0.854. The summed E-state index contributed by atoms with van der Waals surface area (Å²) in [6, 6.07) is 17.8. The molecule has 0 radical (unpaired) electrons. The molecule has 3 aromatic carbocycles. The lowest BCUT2D eigenvalue weighted by Gasteiger charge is -2.16. The average Bonchev–Trinajstić information content (AvgIpc) is 3.33. The maximum Gasteiger partial charge on any atom is 0.347 e. The number of hydrogen-bond donors (Lipinski definition) is 0. The Bertz CT molecular complexity index is 1790. The fourth-order valence-corrected chi connectivity index (χ4v) is 5.23. The van der Waals surface area contributed by atoms with Gasteiger partial charge < -0.3 is 13.9 Å². The summed E-state index contributed by atoms with van der Waals surface area (Å²) < 4.78 is 19.3. The number of rotatable bonds is 7. The van der Waals surface area contributed by atoms with E-state index in [-0.39, 0.29) is 28.8 Å². The third kappa shape index (κ3) is 5.63. The van der Waals surface area contributed by atoms with Crippen molar-refractivity contribution in [2.75, 3.05) is 6.61 Å². The summed E-state index contributed by atoms with van der Waals surface area (Å²) in [4.78, 5) is 30.2. The van der Waals surface area contributed by atoms with Crippen LogP contribution in [0.25, 0.3) is 33.5 Å². The van der Waals surface area contributed by atoms with Crippen LogP contribution in [0.2, 0.25) is 5.02 Å². The Labute approximate surface area is 244 Å². The van der Waals surface area contributed by atoms with Crippen LogP contribution < -0.4 is 10.3 Å². The fourth-order valence-electron chi connectivity index (χ4n) is 3.89. The van der Waals surface area contributed by atoms with E-state index in [9.17, 15) is 9.59 Å². The van der Waals surface area contributed by atoms with E-state index in [1.54, 1.807) is 44.2 Å². The highest BCUT2D eigenvalue weighted by Gasteiger charge is 2.20. The van der Waals surface area contributed by atoms with E-state index < -0.39 is 12.1 Å². The zero-order chi connectivity index (χ0) is 27.7. The van der Waals surface area contributed by atoms with Gasteiger partial charge in [-0.25, -0.2) is 9.78 Å². The van der Waals surface area contributed by atoms with E-state index in [1.165, 1.54) is 10.9 Å². The molecule has 0 amide bonds. The molecule has 0 N–H and O–H groups in total. The van der Waals surface area contributed by atoms with Crippen molar-refractivity contribution in [3.05, 3.63) is 90.5 Å². The molecule has 5 aromatic rings. The number of para-hydroxylation sites is 1. The van der Waals surface area contributed by atoms with Crippen LogP contribution in [0, 0.1) is 0 Å². The minimum Gasteiger partial charge on any atom is -0.476 e. The molecular weight excluding hydrogens is 654 g/mol. The summed E-state index contributed by atoms with van der Waals surface area (Å²) in [6.07, 6.45) is 0.628. The highest BCUT2D eigenvalue weighted by Crippen LogP contribution is 2.35. The first-order valence-electron chi connectivity index (χ1n) is 11.8. The summed E-state index contributed by atoms with van der Waals surface area (Å²) in [5.74, 6) is 0.419. The van der Waals surface area contributed by atoms with Crippen molar-refractivity contribution >= 4 is 77.5 Å². The largest absolute Gasteiger partial charge is 0.476 e. The van der Waals surface area contributed by atoms with Crippen molar-refractivity contribution in [1.82, 2.24) is 9.66 Å². The summed E-state index contributed by atoms with van der Waals surface area (Å²) in [5, 5.41) is 5.97. The third-order valence-corrected chi connectivity index (χ3v) is 7.07. The van der Waals surface area contributed by atoms with Crippen LogP contribution >= 0.6 is 43.5 Å². The maximum atomic E-state index is 13.5. The number of hydrogen-bond acceptors (Lipinski definition) is 7. The van der Waals surface area contributed by atoms with E-state index in [2.05, 4.69) is 37.0 Å². The van der Waals surface area contributed by atoms with Crippen LogP contribution in [0.1, 0.15) is 19.4 Å². The van der Waals surface area contributed by atoms with Gasteiger partial charge in [-0.3, -0.25) is 4.79 Å². The zero-order valence-electron chi connectivity index (χ0n) is 20.7. The second-order valence-corrected chi connectivity index (χ2v) is 10.6. The first kappa shape index (κ1) is 27.1. The topological polar surface area (TPSA) is 95.9 Å². The van der Waals surface area contributed by atoms with Crippen LogP contribution in [-0.4, -0.2) is 34.6 Å². The highest BCUT2D eigenvalue weighted by molar-refractivity contribution is 9.10. The van der Waals surface area contributed by atoms with Crippen LogP contribution in [-0.2, 0) is 9.53 Å². The molecular formula is C28H20Br2ClN3O5. The predicted molar refractivity (Wildman–Crippen MR) is 158 cm³/mol. The average molecular weight is 674 g/mol. The number of nitrogens with zero attached hydrogens (tertiary/aromatic N) is 3. The molecule has 0 bridgehead atoms. The van der Waals surface area contributed by atoms with Gasteiger partial charge in [0.15, 0.2) is 17.6 Å². The SMILES string of the molecule is CCOC(=O)[C@H](C)Oc1c(Cl)cc(C=Nn2c(-c3cc4cc(Br)ccc4o3)nc3ccccc3c2=O)cc1Br. The van der Waals surface area contributed by atoms with Gasteiger partial charge in [-0.15, -0.1) is 0 Å². The number of aromatic nitrogens is 2. The summed E-state index contributed by atoms with van der Waals surface area (Å²) >= 11 is 13.4. The number of ether oxygens (including phenoxy) is 2. The second kappa shape index (κ2) is 11.3. The number of carbonyl (C=O) groups is 1. The first-order chi connectivity index (χ1) is 18.7. The van der Waals surface area contributed by atoms with Gasteiger partial charge in [0.1, 0.15) is 5.58 Å². The fraction of sp³-hybridized carbons (Fsp3) is 0.143. The van der Waals surface area contributed by atoms with E-state index in [1.807, 2.05) is 30.3 Å². The quantitative estimate of drug-likeness (QED) is 0.134. The zero-order valence-corrected chi connectivity index (χ0v) is 24.6. The van der Waals surface area contributed by atoms with Crippen LogP contribution in [0.5, 0.6) is 5.75 Å². The normalized spacial score (nSPS) is 12.3. The van der Waals surface area contributed by atoms with Crippen molar-refractivity contribution < 1.29 is 18.7 Å². The standard InChI is InChI=1S/C28H20Br2ClN3O5/c1-3-37-28(36)15(2)38-25-20(30)10-16(11-21(25)31)14-32-34-26(33-22-7-5-4-6-19(22)27(34)35)24-13-17-12-18(29)8-9-23(17)39-24/h4-15H,3H2,1-2H3/t15-/m0/s1. The Kier molecular flexibility index (Phi) is 7.88. The van der Waals surface area contributed by atoms with Gasteiger partial charge in [-0.1, -0.05) is 39.7 Å². The van der Waals surface area contributed by atoms with Crippen molar-refractivity contribution in [3.8, 4) is 17.3 Å². The molecule has 0 aliphatic heterocycles. The van der Waals surface area contributed by atoms with Gasteiger partial charge in [0, 0.05) is 9.86 Å². The molecule has 11 heteroatoms. The Hall–Kier alpha value is -3.47. The number of benzene rings is 3. The molecule has 39 heavy (non-hydrogen) atoms. The molecule has 8 nitrogen and oxygen atoms in total. The van der Waals surface area contributed by atoms with Gasteiger partial charge in [0.25, 0.3) is 5.56 Å². The predicted octanol–water partition coefficient (Wildman–Crippen LogP) is 7.20. The molecule has 198 valence electrons. The van der Waals surface area contributed by atoms with Gasteiger partial charge in [0.2, 0.25) is 5.82 Å². The van der Waals surface area contributed by atoms with E-state index in [0.717, 1.165) is 9.86 Å². The van der Waals surface area contributed by atoms with Gasteiger partial charge in [-0.2, -0.15) is 9.78 Å². The molecule has 0 aliphatic rings. The number of fused-ring (bicyclic) bond motifs is 2. The molecule has 2 aromatic heterocycles. The Morgan fingerprint density at radius 3 is 2.74 bits per heavy atom. The van der Waals surface area contributed by atoms with Crippen LogP contribution in [0.3, 0.4) is 0 Å².